The molecule has 0 saturated heterocycles. The highest BCUT2D eigenvalue weighted by Crippen LogP contribution is 2.42. The van der Waals surface area contributed by atoms with Gasteiger partial charge in [-0.3, -0.25) is 4.79 Å². The molecule has 0 aliphatic rings. The van der Waals surface area contributed by atoms with E-state index in [1.807, 2.05) is 78.2 Å². The molecule has 3 aromatic heterocycles. The molecule has 3 heterocycles. The van der Waals surface area contributed by atoms with Gasteiger partial charge in [0.2, 0.25) is 0 Å². The second-order valence-electron chi connectivity index (χ2n) is 8.61. The van der Waals surface area contributed by atoms with Gasteiger partial charge in [-0.25, -0.2) is 9.97 Å². The first-order chi connectivity index (χ1) is 17.3. The number of nitrogens with zero attached hydrogens (tertiary/aromatic N) is 3. The summed E-state index contributed by atoms with van der Waals surface area (Å²) in [5.74, 6) is 1.27. The molecule has 0 aliphatic carbocycles. The fourth-order valence-electron chi connectivity index (χ4n) is 4.09. The van der Waals surface area contributed by atoms with E-state index in [4.69, 9.17) is 25.2 Å². The predicted molar refractivity (Wildman–Crippen MR) is 142 cm³/mol. The van der Waals surface area contributed by atoms with Crippen LogP contribution in [0, 0.1) is 6.92 Å². The summed E-state index contributed by atoms with van der Waals surface area (Å²) in [6.45, 7) is 3.48. The molecule has 1 unspecified atom stereocenters. The van der Waals surface area contributed by atoms with Gasteiger partial charge < -0.3 is 19.6 Å². The second-order valence-corrected chi connectivity index (χ2v) is 9.61. The molecule has 5 aromatic rings. The largest absolute Gasteiger partial charge is 0.497 e. The molecule has 36 heavy (non-hydrogen) atoms. The van der Waals surface area contributed by atoms with Crippen molar-refractivity contribution in [3.8, 4) is 33.2 Å². The lowest BCUT2D eigenvalue weighted by Gasteiger charge is -2.21. The molecule has 8 heteroatoms. The van der Waals surface area contributed by atoms with Crippen LogP contribution in [0.15, 0.2) is 73.1 Å². The molecule has 7 nitrogen and oxygen atoms in total. The standard InChI is InChI=1S/C28H26N4O3S/c1-17-13-14-32-16-23(30-24(32)15-17)28(29,18(2)33)27-31-25(19-5-9-21(34-3)10-6-19)26(36-27)20-7-11-22(35-4)12-8-20/h5-16H,29H2,1-4H3. The second kappa shape index (κ2) is 9.22. The van der Waals surface area contributed by atoms with E-state index in [2.05, 4.69) is 0 Å². The number of fused-ring (bicyclic) bond motifs is 1. The van der Waals surface area contributed by atoms with Crippen molar-refractivity contribution in [2.75, 3.05) is 14.2 Å². The molecule has 0 amide bonds. The van der Waals surface area contributed by atoms with Gasteiger partial charge in [0.05, 0.1) is 30.5 Å². The van der Waals surface area contributed by atoms with Gasteiger partial charge in [0, 0.05) is 18.0 Å². The third-order valence-corrected chi connectivity index (χ3v) is 7.50. The van der Waals surface area contributed by atoms with Gasteiger partial charge in [-0.1, -0.05) is 0 Å². The first-order valence-electron chi connectivity index (χ1n) is 11.4. The number of imidazole rings is 1. The topological polar surface area (TPSA) is 91.7 Å². The molecule has 0 spiro atoms. The summed E-state index contributed by atoms with van der Waals surface area (Å²) in [4.78, 5) is 23.7. The van der Waals surface area contributed by atoms with E-state index in [0.29, 0.717) is 10.7 Å². The summed E-state index contributed by atoms with van der Waals surface area (Å²) in [5.41, 5.74) is 10.2. The molecule has 0 radical (unpaired) electrons. The first-order valence-corrected chi connectivity index (χ1v) is 12.2. The highest BCUT2D eigenvalue weighted by Gasteiger charge is 2.41. The maximum atomic E-state index is 13.1. The van der Waals surface area contributed by atoms with E-state index in [9.17, 15) is 4.79 Å². The third kappa shape index (κ3) is 4.04. The van der Waals surface area contributed by atoms with Crippen LogP contribution in [0.25, 0.3) is 27.3 Å². The number of Topliss-reactive ketones (excluding diaryl/α,β-unsaturated/α-hetero) is 1. The maximum Gasteiger partial charge on any atom is 0.171 e. The lowest BCUT2D eigenvalue weighted by molar-refractivity contribution is -0.121. The normalized spacial score (nSPS) is 12.9. The van der Waals surface area contributed by atoms with E-state index in [1.54, 1.807) is 20.4 Å². The number of carbonyl (C=O) groups excluding carboxylic acids is 1. The lowest BCUT2D eigenvalue weighted by atomic mass is 9.93. The number of carbonyl (C=O) groups is 1. The van der Waals surface area contributed by atoms with Gasteiger partial charge in [-0.2, -0.15) is 0 Å². The Morgan fingerprint density at radius 3 is 2.14 bits per heavy atom. The number of ether oxygens (including phenoxy) is 2. The minimum Gasteiger partial charge on any atom is -0.497 e. The Labute approximate surface area is 213 Å². The molecular formula is C28H26N4O3S. The van der Waals surface area contributed by atoms with E-state index in [1.165, 1.54) is 18.3 Å². The van der Waals surface area contributed by atoms with Crippen LogP contribution in [-0.4, -0.2) is 34.4 Å². The molecule has 2 aromatic carbocycles. The molecule has 0 saturated carbocycles. The molecule has 2 N–H and O–H groups in total. The molecule has 0 aliphatic heterocycles. The van der Waals surface area contributed by atoms with Gasteiger partial charge in [0.15, 0.2) is 11.3 Å². The first kappa shape index (κ1) is 23.7. The van der Waals surface area contributed by atoms with Crippen molar-refractivity contribution >= 4 is 22.8 Å². The fourth-order valence-corrected chi connectivity index (χ4v) is 5.34. The summed E-state index contributed by atoms with van der Waals surface area (Å²) in [6.07, 6.45) is 3.72. The Morgan fingerprint density at radius 2 is 1.56 bits per heavy atom. The van der Waals surface area contributed by atoms with E-state index >= 15 is 0 Å². The van der Waals surface area contributed by atoms with Crippen LogP contribution in [-0.2, 0) is 10.3 Å². The van der Waals surface area contributed by atoms with Crippen molar-refractivity contribution in [3.05, 3.63) is 89.3 Å². The Bertz CT molecular complexity index is 1490. The summed E-state index contributed by atoms with van der Waals surface area (Å²) in [6, 6.07) is 19.4. The average Bonchev–Trinajstić information content (AvgIpc) is 3.53. The summed E-state index contributed by atoms with van der Waals surface area (Å²) in [7, 11) is 3.26. The van der Waals surface area contributed by atoms with Crippen molar-refractivity contribution in [1.82, 2.24) is 14.4 Å². The van der Waals surface area contributed by atoms with Gasteiger partial charge in [-0.15, -0.1) is 11.3 Å². The maximum absolute atomic E-state index is 13.1. The third-order valence-electron chi connectivity index (χ3n) is 6.26. The molecule has 5 rings (SSSR count). The van der Waals surface area contributed by atoms with Crippen LogP contribution < -0.4 is 15.2 Å². The van der Waals surface area contributed by atoms with E-state index in [0.717, 1.165) is 44.4 Å². The number of benzene rings is 2. The highest BCUT2D eigenvalue weighted by molar-refractivity contribution is 7.16. The minimum atomic E-state index is -1.50. The van der Waals surface area contributed by atoms with E-state index in [-0.39, 0.29) is 5.78 Å². The van der Waals surface area contributed by atoms with Crippen LogP contribution in [0.1, 0.15) is 23.2 Å². The number of nitrogens with two attached hydrogens (primary N) is 1. The minimum absolute atomic E-state index is 0.237. The van der Waals surface area contributed by atoms with Gasteiger partial charge >= 0.3 is 0 Å². The smallest absolute Gasteiger partial charge is 0.171 e. The van der Waals surface area contributed by atoms with Gasteiger partial charge in [0.1, 0.15) is 22.2 Å². The number of hydrogen-bond acceptors (Lipinski definition) is 7. The Kier molecular flexibility index (Phi) is 6.07. The molecule has 0 fully saturated rings. The quantitative estimate of drug-likeness (QED) is 0.330. The highest BCUT2D eigenvalue weighted by atomic mass is 32.1. The van der Waals surface area contributed by atoms with Crippen LogP contribution in [0.4, 0.5) is 0 Å². The van der Waals surface area contributed by atoms with E-state index < -0.39 is 5.54 Å². The monoisotopic (exact) mass is 498 g/mol. The lowest BCUT2D eigenvalue weighted by Crippen LogP contribution is -2.45. The van der Waals surface area contributed by atoms with Gasteiger partial charge in [-0.05, 0) is 85.6 Å². The fraction of sp³-hybridized carbons (Fsp3) is 0.179. The van der Waals surface area contributed by atoms with Crippen LogP contribution >= 0.6 is 11.3 Å². The van der Waals surface area contributed by atoms with Crippen LogP contribution in [0.2, 0.25) is 0 Å². The number of methoxy groups -OCH3 is 2. The number of pyridine rings is 1. The average molecular weight is 499 g/mol. The molecule has 182 valence electrons. The summed E-state index contributed by atoms with van der Waals surface area (Å²) in [5, 5.41) is 0.478. The molecular weight excluding hydrogens is 472 g/mol. The van der Waals surface area contributed by atoms with Crippen molar-refractivity contribution < 1.29 is 14.3 Å². The molecule has 1 atom stereocenters. The Balaban J connectivity index is 1.71. The zero-order valence-electron chi connectivity index (χ0n) is 20.5. The number of rotatable bonds is 7. The zero-order valence-corrected chi connectivity index (χ0v) is 21.3. The van der Waals surface area contributed by atoms with Gasteiger partial charge in [0.25, 0.3) is 0 Å². The molecule has 0 bridgehead atoms. The predicted octanol–water partition coefficient (Wildman–Crippen LogP) is 5.24. The number of ketones is 1. The van der Waals surface area contributed by atoms with Crippen molar-refractivity contribution in [2.24, 2.45) is 5.73 Å². The Morgan fingerprint density at radius 1 is 0.944 bits per heavy atom. The number of aromatic nitrogens is 3. The Hall–Kier alpha value is -4.01. The van der Waals surface area contributed by atoms with Crippen molar-refractivity contribution in [3.63, 3.8) is 0 Å². The SMILES string of the molecule is COc1ccc(-c2nc(C(N)(C(C)=O)c3cn4ccc(C)cc4n3)sc2-c2ccc(OC)cc2)cc1. The van der Waals surface area contributed by atoms with Crippen LogP contribution in [0.5, 0.6) is 11.5 Å². The van der Waals surface area contributed by atoms with Crippen molar-refractivity contribution in [2.45, 2.75) is 19.4 Å². The zero-order chi connectivity index (χ0) is 25.4. The van der Waals surface area contributed by atoms with Crippen molar-refractivity contribution in [1.29, 1.82) is 0 Å². The number of hydrogen-bond donors (Lipinski definition) is 1. The number of thiazole rings is 1. The summed E-state index contributed by atoms with van der Waals surface area (Å²) < 4.78 is 12.5. The number of aryl methyl sites for hydroxylation is 1. The van der Waals surface area contributed by atoms with Crippen LogP contribution in [0.3, 0.4) is 0 Å². The summed E-state index contributed by atoms with van der Waals surface area (Å²) >= 11 is 1.40.